The summed E-state index contributed by atoms with van der Waals surface area (Å²) >= 11 is 1.57. The van der Waals surface area contributed by atoms with E-state index in [2.05, 4.69) is 20.3 Å². The zero-order valence-corrected chi connectivity index (χ0v) is 15.0. The number of aromatic nitrogens is 4. The highest BCUT2D eigenvalue weighted by molar-refractivity contribution is 7.08. The van der Waals surface area contributed by atoms with E-state index in [1.54, 1.807) is 41.9 Å². The van der Waals surface area contributed by atoms with Gasteiger partial charge in [-0.15, -0.1) is 0 Å². The Morgan fingerprint density at radius 1 is 1.11 bits per heavy atom. The van der Waals surface area contributed by atoms with Crippen molar-refractivity contribution >= 4 is 28.1 Å². The minimum Gasteiger partial charge on any atom is -0.349 e. The second kappa shape index (κ2) is 7.46. The summed E-state index contributed by atoms with van der Waals surface area (Å²) in [6.45, 7) is 0.123. The zero-order valence-electron chi connectivity index (χ0n) is 14.2. The van der Waals surface area contributed by atoms with Crippen LogP contribution in [0.3, 0.4) is 0 Å². The average molecular weight is 377 g/mol. The van der Waals surface area contributed by atoms with Crippen LogP contribution in [0.2, 0.25) is 0 Å². The molecule has 0 aliphatic rings. The molecule has 1 aromatic carbocycles. The van der Waals surface area contributed by atoms with Crippen molar-refractivity contribution in [2.45, 2.75) is 13.1 Å². The molecule has 27 heavy (non-hydrogen) atoms. The molecular formula is C19H15N5O2S. The molecular weight excluding hydrogens is 362 g/mol. The van der Waals surface area contributed by atoms with E-state index in [0.717, 1.165) is 11.3 Å². The highest BCUT2D eigenvalue weighted by Crippen LogP contribution is 2.22. The minimum atomic E-state index is -0.295. The predicted octanol–water partition coefficient (Wildman–Crippen LogP) is 2.23. The molecule has 4 rings (SSSR count). The Hall–Kier alpha value is -3.39. The smallest absolute Gasteiger partial charge is 0.261 e. The van der Waals surface area contributed by atoms with Crippen molar-refractivity contribution < 1.29 is 4.79 Å². The number of amides is 1. The van der Waals surface area contributed by atoms with Crippen LogP contribution in [0.25, 0.3) is 22.2 Å². The lowest BCUT2D eigenvalue weighted by Gasteiger charge is -2.09. The van der Waals surface area contributed by atoms with E-state index in [4.69, 9.17) is 0 Å². The molecule has 0 saturated heterocycles. The fourth-order valence-corrected chi connectivity index (χ4v) is 3.39. The van der Waals surface area contributed by atoms with Gasteiger partial charge < -0.3 is 5.32 Å². The van der Waals surface area contributed by atoms with E-state index in [0.29, 0.717) is 16.6 Å². The molecule has 4 aromatic rings. The van der Waals surface area contributed by atoms with E-state index in [-0.39, 0.29) is 24.6 Å². The van der Waals surface area contributed by atoms with Crippen LogP contribution in [-0.2, 0) is 17.9 Å². The van der Waals surface area contributed by atoms with Crippen molar-refractivity contribution in [3.8, 4) is 11.3 Å². The van der Waals surface area contributed by atoms with Crippen LogP contribution in [0.15, 0.2) is 64.6 Å². The van der Waals surface area contributed by atoms with Crippen molar-refractivity contribution in [3.05, 3.63) is 75.9 Å². The maximum absolute atomic E-state index is 12.5. The summed E-state index contributed by atoms with van der Waals surface area (Å²) in [7, 11) is 0. The molecule has 134 valence electrons. The topological polar surface area (TPSA) is 89.8 Å². The maximum Gasteiger partial charge on any atom is 0.261 e. The van der Waals surface area contributed by atoms with Gasteiger partial charge in [-0.05, 0) is 23.6 Å². The van der Waals surface area contributed by atoms with Crippen LogP contribution in [0.1, 0.15) is 5.69 Å². The number of hydrogen-bond donors (Lipinski definition) is 1. The first-order valence-corrected chi connectivity index (χ1v) is 9.20. The van der Waals surface area contributed by atoms with Gasteiger partial charge in [0.2, 0.25) is 5.91 Å². The summed E-state index contributed by atoms with van der Waals surface area (Å²) in [4.78, 5) is 37.7. The van der Waals surface area contributed by atoms with Gasteiger partial charge in [-0.1, -0.05) is 12.1 Å². The molecule has 0 bridgehead atoms. The molecule has 0 fully saturated rings. The second-order valence-corrected chi connectivity index (χ2v) is 6.62. The Kier molecular flexibility index (Phi) is 4.71. The quantitative estimate of drug-likeness (QED) is 0.576. The van der Waals surface area contributed by atoms with Crippen molar-refractivity contribution in [2.24, 2.45) is 0 Å². The number of nitrogens with zero attached hydrogens (tertiary/aromatic N) is 4. The molecule has 0 saturated carbocycles. The molecule has 0 radical (unpaired) electrons. The van der Waals surface area contributed by atoms with Gasteiger partial charge in [-0.25, -0.2) is 4.98 Å². The molecule has 0 aliphatic heterocycles. The van der Waals surface area contributed by atoms with E-state index < -0.39 is 0 Å². The fraction of sp³-hybridized carbons (Fsp3) is 0.105. The SMILES string of the molecule is O=C(Cn1cnc2ccccc2c1=O)NCc1nccnc1-c1ccsc1. The summed E-state index contributed by atoms with van der Waals surface area (Å²) < 4.78 is 1.30. The van der Waals surface area contributed by atoms with Gasteiger partial charge in [0.15, 0.2) is 0 Å². The fourth-order valence-electron chi connectivity index (χ4n) is 2.75. The number of fused-ring (bicyclic) bond motifs is 1. The third kappa shape index (κ3) is 3.61. The monoisotopic (exact) mass is 377 g/mol. The normalized spacial score (nSPS) is 10.8. The maximum atomic E-state index is 12.5. The number of thiophene rings is 1. The van der Waals surface area contributed by atoms with Crippen LogP contribution in [0, 0.1) is 0 Å². The van der Waals surface area contributed by atoms with Crippen molar-refractivity contribution in [2.75, 3.05) is 0 Å². The Morgan fingerprint density at radius 3 is 2.81 bits per heavy atom. The number of benzene rings is 1. The van der Waals surface area contributed by atoms with E-state index in [1.165, 1.54) is 10.9 Å². The first-order valence-electron chi connectivity index (χ1n) is 8.26. The Morgan fingerprint density at radius 2 is 1.96 bits per heavy atom. The molecule has 7 nitrogen and oxygen atoms in total. The van der Waals surface area contributed by atoms with E-state index in [9.17, 15) is 9.59 Å². The number of rotatable bonds is 5. The van der Waals surface area contributed by atoms with Gasteiger partial charge in [-0.2, -0.15) is 11.3 Å². The van der Waals surface area contributed by atoms with Gasteiger partial charge in [0.05, 0.1) is 35.2 Å². The molecule has 0 atom stereocenters. The standard InChI is InChI=1S/C19H15N5O2S/c25-17(10-24-12-23-15-4-2-1-3-14(15)19(24)26)22-9-16-18(21-7-6-20-16)13-5-8-27-11-13/h1-8,11-12H,9-10H2,(H,22,25). The third-order valence-electron chi connectivity index (χ3n) is 4.07. The number of carbonyl (C=O) groups is 1. The second-order valence-electron chi connectivity index (χ2n) is 5.84. The molecule has 3 heterocycles. The Balaban J connectivity index is 1.49. The van der Waals surface area contributed by atoms with Gasteiger partial charge in [0.25, 0.3) is 5.56 Å². The molecule has 1 amide bonds. The highest BCUT2D eigenvalue weighted by atomic mass is 32.1. The van der Waals surface area contributed by atoms with Crippen LogP contribution >= 0.6 is 11.3 Å². The van der Waals surface area contributed by atoms with Crippen LogP contribution < -0.4 is 10.9 Å². The Bertz CT molecular complexity index is 1150. The first-order chi connectivity index (χ1) is 13.2. The lowest BCUT2D eigenvalue weighted by molar-refractivity contribution is -0.121. The molecule has 8 heteroatoms. The van der Waals surface area contributed by atoms with Crippen molar-refractivity contribution in [1.29, 1.82) is 0 Å². The van der Waals surface area contributed by atoms with Crippen LogP contribution in [0.5, 0.6) is 0 Å². The largest absolute Gasteiger partial charge is 0.349 e. The third-order valence-corrected chi connectivity index (χ3v) is 4.75. The summed E-state index contributed by atoms with van der Waals surface area (Å²) in [6.07, 6.45) is 4.61. The van der Waals surface area contributed by atoms with Gasteiger partial charge in [0.1, 0.15) is 6.54 Å². The average Bonchev–Trinajstić information content (AvgIpc) is 3.24. The molecule has 1 N–H and O–H groups in total. The Labute approximate surface area is 158 Å². The van der Waals surface area contributed by atoms with Gasteiger partial charge in [-0.3, -0.25) is 24.1 Å². The van der Waals surface area contributed by atoms with E-state index >= 15 is 0 Å². The number of para-hydroxylation sites is 1. The van der Waals surface area contributed by atoms with Crippen LogP contribution in [-0.4, -0.2) is 25.4 Å². The number of hydrogen-bond acceptors (Lipinski definition) is 6. The summed E-state index contributed by atoms with van der Waals surface area (Å²) in [6, 6.07) is 9.01. The zero-order chi connectivity index (χ0) is 18.6. The molecule has 3 aromatic heterocycles. The lowest BCUT2D eigenvalue weighted by Crippen LogP contribution is -2.32. The number of carbonyl (C=O) groups excluding carboxylic acids is 1. The first kappa shape index (κ1) is 17.0. The summed E-state index contributed by atoms with van der Waals surface area (Å²) in [5.74, 6) is -0.295. The molecule has 0 spiro atoms. The lowest BCUT2D eigenvalue weighted by atomic mass is 10.2. The molecule has 0 aliphatic carbocycles. The summed E-state index contributed by atoms with van der Waals surface area (Å²) in [5, 5.41) is 7.23. The predicted molar refractivity (Wildman–Crippen MR) is 103 cm³/mol. The number of nitrogens with one attached hydrogen (secondary N) is 1. The van der Waals surface area contributed by atoms with E-state index in [1.807, 2.05) is 22.9 Å². The van der Waals surface area contributed by atoms with Crippen LogP contribution in [0.4, 0.5) is 0 Å². The van der Waals surface area contributed by atoms with Crippen molar-refractivity contribution in [1.82, 2.24) is 24.8 Å². The van der Waals surface area contributed by atoms with Gasteiger partial charge in [0, 0.05) is 23.3 Å². The van der Waals surface area contributed by atoms with Gasteiger partial charge >= 0.3 is 0 Å². The highest BCUT2D eigenvalue weighted by Gasteiger charge is 2.11. The summed E-state index contributed by atoms with van der Waals surface area (Å²) in [5.41, 5.74) is 2.75. The van der Waals surface area contributed by atoms with Crippen molar-refractivity contribution in [3.63, 3.8) is 0 Å². The molecule has 0 unspecified atom stereocenters. The minimum absolute atomic E-state index is 0.106.